The lowest BCUT2D eigenvalue weighted by atomic mass is 10.1. The molecule has 0 bridgehead atoms. The normalized spacial score (nSPS) is 11.6. The molecular weight excluding hydrogens is 282 g/mol. The van der Waals surface area contributed by atoms with Crippen molar-refractivity contribution >= 4 is 23.6 Å². The van der Waals surface area contributed by atoms with Crippen LogP contribution >= 0.6 is 0 Å². The first-order chi connectivity index (χ1) is 9.17. The van der Waals surface area contributed by atoms with Gasteiger partial charge in [0, 0.05) is 17.3 Å². The maximum atomic E-state index is 13.3. The smallest absolute Gasteiger partial charge is 0.397 e. The van der Waals surface area contributed by atoms with Crippen molar-refractivity contribution in [2.24, 2.45) is 0 Å². The highest BCUT2D eigenvalue weighted by atomic mass is 19.4. The van der Waals surface area contributed by atoms with Gasteiger partial charge in [-0.2, -0.15) is 13.2 Å². The molecule has 0 heterocycles. The van der Waals surface area contributed by atoms with Crippen LogP contribution in [0, 0.1) is 5.82 Å². The molecule has 1 rings (SSSR count). The highest BCUT2D eigenvalue weighted by molar-refractivity contribution is 5.91. The first-order valence-electron chi connectivity index (χ1n) is 5.24. The second-order valence-corrected chi connectivity index (χ2v) is 3.75. The summed E-state index contributed by atoms with van der Waals surface area (Å²) in [5.74, 6) is -3.37. The van der Waals surface area contributed by atoms with Gasteiger partial charge in [-0.25, -0.2) is 9.18 Å². The summed E-state index contributed by atoms with van der Waals surface area (Å²) in [6.07, 6.45) is -4.71. The number of benzene rings is 1. The van der Waals surface area contributed by atoms with Crippen LogP contribution in [0.15, 0.2) is 24.3 Å². The number of alkyl halides is 3. The van der Waals surface area contributed by atoms with Gasteiger partial charge in [0.1, 0.15) is 12.2 Å². The Bertz CT molecular complexity index is 552. The third-order valence-corrected chi connectivity index (χ3v) is 2.05. The van der Waals surface area contributed by atoms with Crippen molar-refractivity contribution in [2.75, 3.05) is 5.32 Å². The predicted octanol–water partition coefficient (Wildman–Crippen LogP) is 2.81. The average Bonchev–Trinajstić information content (AvgIpc) is 2.27. The van der Waals surface area contributed by atoms with Gasteiger partial charge >= 0.3 is 12.1 Å². The number of carboxylic acid groups (broad SMARTS) is 1. The minimum absolute atomic E-state index is 0.0642. The Kier molecular flexibility index (Phi) is 4.84. The van der Waals surface area contributed by atoms with E-state index in [1.165, 1.54) is 0 Å². The number of rotatable bonds is 4. The van der Waals surface area contributed by atoms with Crippen LogP contribution in [0.2, 0.25) is 0 Å². The van der Waals surface area contributed by atoms with E-state index in [4.69, 9.17) is 5.11 Å². The van der Waals surface area contributed by atoms with E-state index in [0.717, 1.165) is 24.3 Å². The number of hydrogen-bond donors (Lipinski definition) is 2. The first kappa shape index (κ1) is 15.7. The van der Waals surface area contributed by atoms with E-state index in [1.807, 2.05) is 5.32 Å². The number of hydrogen-bond acceptors (Lipinski definition) is 2. The summed E-state index contributed by atoms with van der Waals surface area (Å²) in [5.41, 5.74) is -0.233. The van der Waals surface area contributed by atoms with Crippen LogP contribution in [0.3, 0.4) is 0 Å². The minimum Gasteiger partial charge on any atom is -0.478 e. The molecule has 108 valence electrons. The Hall–Kier alpha value is -2.38. The molecule has 0 radical (unpaired) electrons. The molecule has 0 aromatic heterocycles. The fourth-order valence-corrected chi connectivity index (χ4v) is 1.30. The standard InChI is InChI=1S/C12H9F4NO3/c13-9-3-2-8(5-7(9)1-4-11(19)20)17-10(18)6-12(14,15)16/h1-5H,6H2,(H,17,18)(H,19,20)/b4-1+. The summed E-state index contributed by atoms with van der Waals surface area (Å²) in [6.45, 7) is 0. The number of aliphatic carboxylic acids is 1. The summed E-state index contributed by atoms with van der Waals surface area (Å²) >= 11 is 0. The molecular formula is C12H9F4NO3. The van der Waals surface area contributed by atoms with Crippen molar-refractivity contribution in [1.82, 2.24) is 0 Å². The van der Waals surface area contributed by atoms with Crippen molar-refractivity contribution in [3.05, 3.63) is 35.7 Å². The maximum absolute atomic E-state index is 13.3. The van der Waals surface area contributed by atoms with Crippen LogP contribution in [-0.4, -0.2) is 23.2 Å². The molecule has 0 aliphatic carbocycles. The summed E-state index contributed by atoms with van der Waals surface area (Å²) in [6, 6.07) is 3.01. The van der Waals surface area contributed by atoms with Crippen LogP contribution < -0.4 is 5.32 Å². The molecule has 0 atom stereocenters. The third-order valence-electron chi connectivity index (χ3n) is 2.05. The molecule has 0 spiro atoms. The van der Waals surface area contributed by atoms with E-state index in [2.05, 4.69) is 0 Å². The molecule has 0 aliphatic heterocycles. The van der Waals surface area contributed by atoms with E-state index in [1.54, 1.807) is 0 Å². The predicted molar refractivity (Wildman–Crippen MR) is 62.4 cm³/mol. The van der Waals surface area contributed by atoms with Crippen LogP contribution in [-0.2, 0) is 9.59 Å². The molecule has 0 aliphatic rings. The fraction of sp³-hybridized carbons (Fsp3) is 0.167. The van der Waals surface area contributed by atoms with E-state index >= 15 is 0 Å². The summed E-state index contributed by atoms with van der Waals surface area (Å²) < 4.78 is 49.2. The van der Waals surface area contributed by atoms with Crippen LogP contribution in [0.1, 0.15) is 12.0 Å². The largest absolute Gasteiger partial charge is 0.478 e. The molecule has 4 nitrogen and oxygen atoms in total. The molecule has 0 unspecified atom stereocenters. The Balaban J connectivity index is 2.85. The van der Waals surface area contributed by atoms with Gasteiger partial charge < -0.3 is 10.4 Å². The number of nitrogens with one attached hydrogen (secondary N) is 1. The van der Waals surface area contributed by atoms with E-state index in [0.29, 0.717) is 6.08 Å². The summed E-state index contributed by atoms with van der Waals surface area (Å²) in [7, 11) is 0. The number of carbonyl (C=O) groups excluding carboxylic acids is 1. The highest BCUT2D eigenvalue weighted by Crippen LogP contribution is 2.21. The van der Waals surface area contributed by atoms with Gasteiger partial charge in [0.25, 0.3) is 0 Å². The monoisotopic (exact) mass is 291 g/mol. The maximum Gasteiger partial charge on any atom is 0.397 e. The van der Waals surface area contributed by atoms with Crippen LogP contribution in [0.25, 0.3) is 6.08 Å². The number of anilines is 1. The Morgan fingerprint density at radius 3 is 2.50 bits per heavy atom. The van der Waals surface area contributed by atoms with Crippen molar-refractivity contribution in [2.45, 2.75) is 12.6 Å². The molecule has 1 aromatic carbocycles. The lowest BCUT2D eigenvalue weighted by Gasteiger charge is -2.08. The summed E-state index contributed by atoms with van der Waals surface area (Å²) in [5, 5.41) is 10.4. The molecule has 20 heavy (non-hydrogen) atoms. The summed E-state index contributed by atoms with van der Waals surface area (Å²) in [4.78, 5) is 21.4. The second-order valence-electron chi connectivity index (χ2n) is 3.75. The minimum atomic E-state index is -4.64. The average molecular weight is 291 g/mol. The van der Waals surface area contributed by atoms with Gasteiger partial charge in [0.2, 0.25) is 5.91 Å². The second kappa shape index (κ2) is 6.18. The van der Waals surface area contributed by atoms with Gasteiger partial charge in [-0.3, -0.25) is 4.79 Å². The topological polar surface area (TPSA) is 66.4 Å². The number of carbonyl (C=O) groups is 2. The fourth-order valence-electron chi connectivity index (χ4n) is 1.30. The number of carboxylic acids is 1. The third kappa shape index (κ3) is 5.51. The highest BCUT2D eigenvalue weighted by Gasteiger charge is 2.31. The molecule has 1 amide bonds. The van der Waals surface area contributed by atoms with Crippen molar-refractivity contribution in [3.8, 4) is 0 Å². The van der Waals surface area contributed by atoms with Crippen LogP contribution in [0.5, 0.6) is 0 Å². The van der Waals surface area contributed by atoms with Crippen molar-refractivity contribution in [3.63, 3.8) is 0 Å². The molecule has 2 N–H and O–H groups in total. The molecule has 8 heteroatoms. The molecule has 0 saturated heterocycles. The van der Waals surface area contributed by atoms with Crippen molar-refractivity contribution in [1.29, 1.82) is 0 Å². The molecule has 0 fully saturated rings. The van der Waals surface area contributed by atoms with Crippen LogP contribution in [0.4, 0.5) is 23.2 Å². The van der Waals surface area contributed by atoms with E-state index < -0.39 is 30.3 Å². The SMILES string of the molecule is O=C(O)/C=C/c1cc(NC(=O)CC(F)(F)F)ccc1F. The van der Waals surface area contributed by atoms with Crippen molar-refractivity contribution < 1.29 is 32.3 Å². The lowest BCUT2D eigenvalue weighted by Crippen LogP contribution is -2.21. The molecule has 0 saturated carbocycles. The number of amides is 1. The molecule has 1 aromatic rings. The Labute approximate surface area is 110 Å². The zero-order valence-corrected chi connectivity index (χ0v) is 9.87. The van der Waals surface area contributed by atoms with E-state index in [-0.39, 0.29) is 11.3 Å². The quantitative estimate of drug-likeness (QED) is 0.662. The zero-order valence-electron chi connectivity index (χ0n) is 9.87. The lowest BCUT2D eigenvalue weighted by molar-refractivity contribution is -0.150. The Morgan fingerprint density at radius 2 is 1.95 bits per heavy atom. The van der Waals surface area contributed by atoms with Gasteiger partial charge in [-0.1, -0.05) is 0 Å². The van der Waals surface area contributed by atoms with Gasteiger partial charge in [0.15, 0.2) is 0 Å². The Morgan fingerprint density at radius 1 is 1.30 bits per heavy atom. The number of halogens is 4. The van der Waals surface area contributed by atoms with Gasteiger partial charge in [0.05, 0.1) is 0 Å². The zero-order chi connectivity index (χ0) is 15.3. The van der Waals surface area contributed by atoms with Gasteiger partial charge in [-0.05, 0) is 24.3 Å². The van der Waals surface area contributed by atoms with Gasteiger partial charge in [-0.15, -0.1) is 0 Å². The van der Waals surface area contributed by atoms with E-state index in [9.17, 15) is 27.2 Å². The first-order valence-corrected chi connectivity index (χ1v) is 5.24.